The predicted molar refractivity (Wildman–Crippen MR) is 111 cm³/mol. The number of nitrogens with zero attached hydrogens (tertiary/aromatic N) is 1. The second-order valence-corrected chi connectivity index (χ2v) is 10.0. The van der Waals surface area contributed by atoms with Gasteiger partial charge in [0.05, 0.1) is 29.6 Å². The first-order valence-corrected chi connectivity index (χ1v) is 11.3. The van der Waals surface area contributed by atoms with E-state index in [9.17, 15) is 13.2 Å². The van der Waals surface area contributed by atoms with Crippen LogP contribution in [0.4, 0.5) is 0 Å². The van der Waals surface area contributed by atoms with Crippen molar-refractivity contribution in [2.24, 2.45) is 0 Å². The van der Waals surface area contributed by atoms with Crippen LogP contribution in [0.1, 0.15) is 12.0 Å². The Morgan fingerprint density at radius 1 is 1.41 bits per heavy atom. The van der Waals surface area contributed by atoms with Crippen molar-refractivity contribution in [1.29, 1.82) is 0 Å². The number of rotatable bonds is 6. The van der Waals surface area contributed by atoms with Crippen molar-refractivity contribution in [3.63, 3.8) is 0 Å². The Bertz CT molecular complexity index is 923. The average molecular weight is 426 g/mol. The lowest BCUT2D eigenvalue weighted by Crippen LogP contribution is -2.39. The Kier molecular flexibility index (Phi) is 5.92. The number of sulfone groups is 1. The molecule has 9 heteroatoms. The smallest absolute Gasteiger partial charge is 0.266 e. The quantitative estimate of drug-likeness (QED) is 0.394. The maximum atomic E-state index is 12.8. The van der Waals surface area contributed by atoms with Crippen molar-refractivity contribution in [2.75, 3.05) is 25.2 Å². The fourth-order valence-corrected chi connectivity index (χ4v) is 6.07. The second kappa shape index (κ2) is 8.04. The van der Waals surface area contributed by atoms with Crippen LogP contribution in [0.5, 0.6) is 11.5 Å². The summed E-state index contributed by atoms with van der Waals surface area (Å²) >= 11 is 6.50. The molecule has 3 rings (SSSR count). The first-order valence-electron chi connectivity index (χ1n) is 8.24. The molecule has 0 aliphatic carbocycles. The summed E-state index contributed by atoms with van der Waals surface area (Å²) in [5.41, 5.74) is 0.761. The third-order valence-corrected chi connectivity index (χ3v) is 7.32. The van der Waals surface area contributed by atoms with E-state index in [-0.39, 0.29) is 23.5 Å². The summed E-state index contributed by atoms with van der Waals surface area (Å²) in [5.74, 6) is 0.937. The molecule has 0 spiro atoms. The number of hydrogen-bond acceptors (Lipinski definition) is 7. The molecule has 0 aromatic heterocycles. The zero-order chi connectivity index (χ0) is 19.6. The van der Waals surface area contributed by atoms with Gasteiger partial charge in [0.25, 0.3) is 5.91 Å². The highest BCUT2D eigenvalue weighted by Crippen LogP contribution is 2.37. The largest absolute Gasteiger partial charge is 0.493 e. The zero-order valence-corrected chi connectivity index (χ0v) is 17.2. The molecule has 2 aliphatic heterocycles. The normalized spacial score (nSPS) is 23.1. The van der Waals surface area contributed by atoms with Gasteiger partial charge in [0, 0.05) is 0 Å². The van der Waals surface area contributed by atoms with Gasteiger partial charge >= 0.3 is 0 Å². The summed E-state index contributed by atoms with van der Waals surface area (Å²) in [4.78, 5) is 14.7. The van der Waals surface area contributed by atoms with Gasteiger partial charge in [0.1, 0.15) is 10.9 Å². The molecule has 1 amide bonds. The van der Waals surface area contributed by atoms with Crippen LogP contribution in [0, 0.1) is 0 Å². The van der Waals surface area contributed by atoms with Crippen LogP contribution in [0.25, 0.3) is 6.08 Å². The predicted octanol–water partition coefficient (Wildman–Crippen LogP) is 2.65. The van der Waals surface area contributed by atoms with Crippen molar-refractivity contribution in [3.05, 3.63) is 41.3 Å². The number of benzene rings is 1. The molecular weight excluding hydrogens is 406 g/mol. The molecule has 2 saturated heterocycles. The summed E-state index contributed by atoms with van der Waals surface area (Å²) in [6.45, 7) is 3.97. The van der Waals surface area contributed by atoms with Gasteiger partial charge in [-0.3, -0.25) is 9.69 Å². The van der Waals surface area contributed by atoms with Crippen LogP contribution in [0.3, 0.4) is 0 Å². The summed E-state index contributed by atoms with van der Waals surface area (Å²) in [5, 5.41) is 0. The van der Waals surface area contributed by atoms with Crippen molar-refractivity contribution in [2.45, 2.75) is 12.5 Å². The number of amides is 1. The molecule has 0 radical (unpaired) electrons. The maximum absolute atomic E-state index is 12.8. The van der Waals surface area contributed by atoms with E-state index in [1.807, 2.05) is 6.07 Å². The Morgan fingerprint density at radius 2 is 2.19 bits per heavy atom. The fraction of sp³-hybridized carbons (Fsp3) is 0.333. The minimum Gasteiger partial charge on any atom is -0.493 e. The van der Waals surface area contributed by atoms with Gasteiger partial charge in [-0.15, -0.1) is 0 Å². The number of thiocarbonyl (C=S) groups is 1. The maximum Gasteiger partial charge on any atom is 0.266 e. The van der Waals surface area contributed by atoms with Gasteiger partial charge in [-0.1, -0.05) is 42.7 Å². The van der Waals surface area contributed by atoms with Crippen LogP contribution in [-0.4, -0.2) is 54.8 Å². The highest BCUT2D eigenvalue weighted by molar-refractivity contribution is 8.26. The summed E-state index contributed by atoms with van der Waals surface area (Å²) in [6.07, 6.45) is 3.79. The van der Waals surface area contributed by atoms with Gasteiger partial charge in [-0.05, 0) is 30.2 Å². The van der Waals surface area contributed by atoms with Crippen molar-refractivity contribution >= 4 is 50.1 Å². The van der Waals surface area contributed by atoms with E-state index in [0.29, 0.717) is 33.8 Å². The van der Waals surface area contributed by atoms with E-state index < -0.39 is 9.84 Å². The number of carbonyl (C=O) groups excluding carboxylic acids is 1. The van der Waals surface area contributed by atoms with Crippen LogP contribution in [0.2, 0.25) is 0 Å². The Morgan fingerprint density at radius 3 is 2.81 bits per heavy atom. The van der Waals surface area contributed by atoms with E-state index in [0.717, 1.165) is 5.56 Å². The summed E-state index contributed by atoms with van der Waals surface area (Å²) < 4.78 is 34.7. The minimum atomic E-state index is -3.10. The Labute approximate surface area is 168 Å². The molecule has 0 bridgehead atoms. The lowest BCUT2D eigenvalue weighted by molar-refractivity contribution is -0.123. The van der Waals surface area contributed by atoms with Crippen molar-refractivity contribution in [1.82, 2.24) is 4.90 Å². The zero-order valence-electron chi connectivity index (χ0n) is 14.7. The van der Waals surface area contributed by atoms with Gasteiger partial charge in [-0.2, -0.15) is 0 Å². The molecule has 1 aromatic rings. The summed E-state index contributed by atoms with van der Waals surface area (Å²) in [7, 11) is -1.56. The highest BCUT2D eigenvalue weighted by Gasteiger charge is 2.42. The Hall–Kier alpha value is -1.84. The van der Waals surface area contributed by atoms with Crippen LogP contribution < -0.4 is 9.47 Å². The number of carbonyl (C=O) groups is 1. The third-order valence-electron chi connectivity index (χ3n) is 4.24. The van der Waals surface area contributed by atoms with E-state index in [1.54, 1.807) is 31.4 Å². The molecule has 1 unspecified atom stereocenters. The lowest BCUT2D eigenvalue weighted by atomic mass is 10.1. The van der Waals surface area contributed by atoms with Crippen LogP contribution in [0.15, 0.2) is 35.8 Å². The first kappa shape index (κ1) is 19.9. The fourth-order valence-electron chi connectivity index (χ4n) is 2.97. The highest BCUT2D eigenvalue weighted by atomic mass is 32.2. The minimum absolute atomic E-state index is 0.0319. The molecule has 0 saturated carbocycles. The second-order valence-electron chi connectivity index (χ2n) is 6.12. The van der Waals surface area contributed by atoms with Gasteiger partial charge in [-0.25, -0.2) is 8.42 Å². The Balaban J connectivity index is 1.82. The topological polar surface area (TPSA) is 72.9 Å². The first-order chi connectivity index (χ1) is 12.8. The SMILES string of the molecule is C=CCOc1ccc(/C=C2/SC(=S)N(C3CCS(=O)(=O)C3)C2=O)cc1OC. The molecule has 0 N–H and O–H groups in total. The molecule has 6 nitrogen and oxygen atoms in total. The van der Waals surface area contributed by atoms with E-state index in [1.165, 1.54) is 16.7 Å². The van der Waals surface area contributed by atoms with Gasteiger partial charge in [0.15, 0.2) is 21.3 Å². The molecule has 2 aliphatic rings. The number of ether oxygens (including phenoxy) is 2. The molecule has 1 atom stereocenters. The monoisotopic (exact) mass is 425 g/mol. The van der Waals surface area contributed by atoms with E-state index >= 15 is 0 Å². The molecule has 27 heavy (non-hydrogen) atoms. The van der Waals surface area contributed by atoms with E-state index in [2.05, 4.69) is 6.58 Å². The van der Waals surface area contributed by atoms with Gasteiger partial charge < -0.3 is 9.47 Å². The lowest BCUT2D eigenvalue weighted by Gasteiger charge is -2.20. The number of methoxy groups -OCH3 is 1. The number of thioether (sulfide) groups is 1. The van der Waals surface area contributed by atoms with E-state index in [4.69, 9.17) is 21.7 Å². The van der Waals surface area contributed by atoms with Crippen LogP contribution >= 0.6 is 24.0 Å². The van der Waals surface area contributed by atoms with Crippen LogP contribution in [-0.2, 0) is 14.6 Å². The average Bonchev–Trinajstić information content (AvgIpc) is 3.11. The van der Waals surface area contributed by atoms with Crippen molar-refractivity contribution in [3.8, 4) is 11.5 Å². The summed E-state index contributed by atoms with van der Waals surface area (Å²) in [6, 6.07) is 4.97. The molecule has 144 valence electrons. The molecule has 2 heterocycles. The number of hydrogen-bond donors (Lipinski definition) is 0. The molecule has 1 aromatic carbocycles. The third kappa shape index (κ3) is 4.36. The molecular formula is C18H19NO5S3. The van der Waals surface area contributed by atoms with Crippen molar-refractivity contribution < 1.29 is 22.7 Å². The van der Waals surface area contributed by atoms with Gasteiger partial charge in [0.2, 0.25) is 0 Å². The molecule has 2 fully saturated rings. The standard InChI is InChI=1S/C18H19NO5S3/c1-3-7-24-14-5-4-12(9-15(14)23-2)10-16-17(20)19(18(25)26-16)13-6-8-27(21,22)11-13/h3-5,9-10,13H,1,6-8,11H2,2H3/b16-10+.